The van der Waals surface area contributed by atoms with Crippen LogP contribution in [0.2, 0.25) is 0 Å². The largest absolute Gasteiger partial charge is 0.293 e. The summed E-state index contributed by atoms with van der Waals surface area (Å²) in [5.41, 5.74) is 2.74. The number of aryl methyl sites for hydroxylation is 1. The Labute approximate surface area is 115 Å². The number of halogens is 1. The second-order valence-electron chi connectivity index (χ2n) is 5.53. The minimum absolute atomic E-state index is 0.0504. The van der Waals surface area contributed by atoms with E-state index in [1.165, 1.54) is 0 Å². The van der Waals surface area contributed by atoms with E-state index in [0.717, 1.165) is 16.9 Å². The molecule has 1 aromatic heterocycles. The van der Waals surface area contributed by atoms with E-state index in [-0.39, 0.29) is 11.0 Å². The predicted molar refractivity (Wildman–Crippen MR) is 77.5 cm³/mol. The first kappa shape index (κ1) is 13.1. The quantitative estimate of drug-likeness (QED) is 0.860. The molecule has 0 amide bonds. The molecule has 0 spiro atoms. The monoisotopic (exact) mass is 308 g/mol. The van der Waals surface area contributed by atoms with Crippen molar-refractivity contribution in [3.63, 3.8) is 0 Å². The highest BCUT2D eigenvalue weighted by atomic mass is 79.9. The lowest BCUT2D eigenvalue weighted by molar-refractivity contribution is 0.557. The van der Waals surface area contributed by atoms with Crippen LogP contribution in [-0.2, 0) is 5.41 Å². The molecule has 0 aliphatic carbocycles. The van der Waals surface area contributed by atoms with E-state index in [9.17, 15) is 4.79 Å². The van der Waals surface area contributed by atoms with Gasteiger partial charge in [0, 0.05) is 5.41 Å². The standard InChI is InChI=1S/C14H17BrN2O/c1-9-6-5-7-10(8-9)17-13(18)11(15)12(16-17)14(2,3)4/h5-8,16H,1-4H3. The third kappa shape index (κ3) is 2.29. The van der Waals surface area contributed by atoms with Gasteiger partial charge in [0.25, 0.3) is 5.56 Å². The summed E-state index contributed by atoms with van der Waals surface area (Å²) >= 11 is 3.39. The molecule has 1 N–H and O–H groups in total. The molecule has 0 saturated heterocycles. The molecule has 18 heavy (non-hydrogen) atoms. The van der Waals surface area contributed by atoms with Crippen molar-refractivity contribution >= 4 is 15.9 Å². The van der Waals surface area contributed by atoms with Gasteiger partial charge in [0.15, 0.2) is 0 Å². The van der Waals surface area contributed by atoms with Gasteiger partial charge in [-0.2, -0.15) is 0 Å². The van der Waals surface area contributed by atoms with Gasteiger partial charge in [0.1, 0.15) is 4.47 Å². The fourth-order valence-corrected chi connectivity index (χ4v) is 2.72. The third-order valence-electron chi connectivity index (χ3n) is 2.84. The van der Waals surface area contributed by atoms with Gasteiger partial charge in [0.05, 0.1) is 11.4 Å². The van der Waals surface area contributed by atoms with Crippen molar-refractivity contribution in [1.29, 1.82) is 0 Å². The Balaban J connectivity index is 2.64. The van der Waals surface area contributed by atoms with Crippen LogP contribution in [0.5, 0.6) is 0 Å². The van der Waals surface area contributed by atoms with E-state index in [1.54, 1.807) is 4.68 Å². The minimum atomic E-state index is -0.104. The van der Waals surface area contributed by atoms with Gasteiger partial charge in [-0.25, -0.2) is 4.68 Å². The van der Waals surface area contributed by atoms with Gasteiger partial charge in [0.2, 0.25) is 0 Å². The van der Waals surface area contributed by atoms with Gasteiger partial charge in [-0.1, -0.05) is 32.9 Å². The van der Waals surface area contributed by atoms with Crippen LogP contribution in [0.1, 0.15) is 32.0 Å². The number of benzene rings is 1. The van der Waals surface area contributed by atoms with Crippen molar-refractivity contribution in [2.75, 3.05) is 0 Å². The molecule has 4 heteroatoms. The molecule has 96 valence electrons. The molecule has 3 nitrogen and oxygen atoms in total. The molecule has 0 aliphatic heterocycles. The van der Waals surface area contributed by atoms with Crippen molar-refractivity contribution < 1.29 is 0 Å². The first-order valence-corrected chi connectivity index (χ1v) is 6.68. The van der Waals surface area contributed by atoms with E-state index < -0.39 is 0 Å². The summed E-state index contributed by atoms with van der Waals surface area (Å²) in [4.78, 5) is 12.2. The first-order chi connectivity index (χ1) is 8.30. The normalized spacial score (nSPS) is 11.8. The highest BCUT2D eigenvalue weighted by Gasteiger charge is 2.23. The number of H-pyrrole nitrogens is 1. The highest BCUT2D eigenvalue weighted by Crippen LogP contribution is 2.26. The molecule has 2 aromatic rings. The highest BCUT2D eigenvalue weighted by molar-refractivity contribution is 9.10. The van der Waals surface area contributed by atoms with Crippen LogP contribution in [0.3, 0.4) is 0 Å². The maximum atomic E-state index is 12.2. The average Bonchev–Trinajstić information content (AvgIpc) is 2.55. The summed E-state index contributed by atoms with van der Waals surface area (Å²) in [5, 5.41) is 3.19. The second kappa shape index (κ2) is 4.43. The van der Waals surface area contributed by atoms with E-state index >= 15 is 0 Å². The predicted octanol–water partition coefficient (Wildman–Crippen LogP) is 3.53. The summed E-state index contributed by atoms with van der Waals surface area (Å²) in [6, 6.07) is 7.86. The van der Waals surface area contributed by atoms with Crippen molar-refractivity contribution in [1.82, 2.24) is 9.78 Å². The number of aromatic nitrogens is 2. The summed E-state index contributed by atoms with van der Waals surface area (Å²) in [6.07, 6.45) is 0. The maximum absolute atomic E-state index is 12.2. The summed E-state index contributed by atoms with van der Waals surface area (Å²) in [6.45, 7) is 8.23. The topological polar surface area (TPSA) is 37.8 Å². The third-order valence-corrected chi connectivity index (χ3v) is 3.58. The molecule has 0 fully saturated rings. The van der Waals surface area contributed by atoms with E-state index in [0.29, 0.717) is 4.47 Å². The van der Waals surface area contributed by atoms with Crippen LogP contribution < -0.4 is 5.56 Å². The Morgan fingerprint density at radius 1 is 1.28 bits per heavy atom. The SMILES string of the molecule is Cc1cccc(-n2[nH]c(C(C)(C)C)c(Br)c2=O)c1. The second-order valence-corrected chi connectivity index (χ2v) is 6.32. The molecule has 1 heterocycles. The number of nitrogens with one attached hydrogen (secondary N) is 1. The van der Waals surface area contributed by atoms with E-state index in [2.05, 4.69) is 41.8 Å². The van der Waals surface area contributed by atoms with Gasteiger partial charge in [-0.05, 0) is 40.5 Å². The molecular weight excluding hydrogens is 292 g/mol. The van der Waals surface area contributed by atoms with Crippen LogP contribution >= 0.6 is 15.9 Å². The van der Waals surface area contributed by atoms with Gasteiger partial charge in [-0.3, -0.25) is 9.89 Å². The summed E-state index contributed by atoms with van der Waals surface area (Å²) in [5.74, 6) is 0. The van der Waals surface area contributed by atoms with E-state index in [4.69, 9.17) is 0 Å². The van der Waals surface area contributed by atoms with Gasteiger partial charge >= 0.3 is 0 Å². The number of nitrogens with zero attached hydrogens (tertiary/aromatic N) is 1. The Kier molecular flexibility index (Phi) is 3.23. The van der Waals surface area contributed by atoms with Crippen molar-refractivity contribution in [2.45, 2.75) is 33.1 Å². The minimum Gasteiger partial charge on any atom is -0.293 e. The van der Waals surface area contributed by atoms with Crippen molar-refractivity contribution in [2.24, 2.45) is 0 Å². The fraction of sp³-hybridized carbons (Fsp3) is 0.357. The molecule has 0 radical (unpaired) electrons. The Morgan fingerprint density at radius 2 is 1.94 bits per heavy atom. The van der Waals surface area contributed by atoms with Crippen LogP contribution in [0.15, 0.2) is 33.5 Å². The van der Waals surface area contributed by atoms with Crippen LogP contribution in [0.25, 0.3) is 5.69 Å². The lowest BCUT2D eigenvalue weighted by atomic mass is 9.93. The van der Waals surface area contributed by atoms with Crippen LogP contribution in [-0.4, -0.2) is 9.78 Å². The Morgan fingerprint density at radius 3 is 2.44 bits per heavy atom. The van der Waals surface area contributed by atoms with Crippen molar-refractivity contribution in [3.05, 3.63) is 50.3 Å². The van der Waals surface area contributed by atoms with Gasteiger partial charge in [-0.15, -0.1) is 0 Å². The lowest BCUT2D eigenvalue weighted by Crippen LogP contribution is -2.14. The maximum Gasteiger partial charge on any atom is 0.285 e. The van der Waals surface area contributed by atoms with E-state index in [1.807, 2.05) is 31.2 Å². The molecule has 0 unspecified atom stereocenters. The van der Waals surface area contributed by atoms with Crippen LogP contribution in [0.4, 0.5) is 0 Å². The molecule has 0 bridgehead atoms. The van der Waals surface area contributed by atoms with Crippen molar-refractivity contribution in [3.8, 4) is 5.69 Å². The lowest BCUT2D eigenvalue weighted by Gasteiger charge is -2.16. The van der Waals surface area contributed by atoms with Gasteiger partial charge < -0.3 is 0 Å². The number of hydrogen-bond donors (Lipinski definition) is 1. The molecule has 0 aliphatic rings. The number of aromatic amines is 1. The molecule has 1 aromatic carbocycles. The zero-order valence-electron chi connectivity index (χ0n) is 11.0. The summed E-state index contributed by atoms with van der Waals surface area (Å²) < 4.78 is 2.19. The fourth-order valence-electron chi connectivity index (χ4n) is 1.86. The Bertz CT molecular complexity index is 632. The zero-order valence-corrected chi connectivity index (χ0v) is 12.6. The average molecular weight is 309 g/mol. The molecule has 0 atom stereocenters. The zero-order chi connectivity index (χ0) is 13.5. The van der Waals surface area contributed by atoms with Crippen LogP contribution in [0, 0.1) is 6.92 Å². The smallest absolute Gasteiger partial charge is 0.285 e. The molecule has 2 rings (SSSR count). The summed E-state index contributed by atoms with van der Waals surface area (Å²) in [7, 11) is 0. The molecule has 0 saturated carbocycles. The first-order valence-electron chi connectivity index (χ1n) is 5.89. The number of rotatable bonds is 1. The Hall–Kier alpha value is -1.29. The number of hydrogen-bond acceptors (Lipinski definition) is 1. The molecular formula is C14H17BrN2O.